The number of amides is 3. The van der Waals surface area contributed by atoms with Gasteiger partial charge in [-0.2, -0.15) is 0 Å². The molecule has 2 aromatic carbocycles. The van der Waals surface area contributed by atoms with Crippen LogP contribution in [0.2, 0.25) is 0 Å². The van der Waals surface area contributed by atoms with E-state index < -0.39 is 30.1 Å². The number of carbonyl (C=O) groups excluding carboxylic acids is 4. The Kier molecular flexibility index (Phi) is 13.3. The van der Waals surface area contributed by atoms with E-state index >= 15 is 0 Å². The molecule has 220 valence electrons. The van der Waals surface area contributed by atoms with Gasteiger partial charge >= 0.3 is 12.1 Å². The second-order valence-electron chi connectivity index (χ2n) is 9.37. The van der Waals surface area contributed by atoms with Crippen molar-refractivity contribution in [3.05, 3.63) is 83.9 Å². The lowest BCUT2D eigenvalue weighted by molar-refractivity contribution is -0.152. The molecule has 0 fully saturated rings. The lowest BCUT2D eigenvalue weighted by Gasteiger charge is -2.24. The number of hydrogen-bond donors (Lipinski definition) is 4. The summed E-state index contributed by atoms with van der Waals surface area (Å²) in [6.07, 6.45) is 2.08. The number of aliphatic hydroxyl groups is 1. The summed E-state index contributed by atoms with van der Waals surface area (Å²) in [5, 5.41) is 16.9. The van der Waals surface area contributed by atoms with Gasteiger partial charge < -0.3 is 35.3 Å². The number of carbonyl (C=O) groups is 4. The molecule has 0 unspecified atom stereocenters. The molecule has 1 heterocycles. The van der Waals surface area contributed by atoms with Crippen LogP contribution in [0, 0.1) is 5.92 Å². The molecular weight excluding hydrogens is 530 g/mol. The van der Waals surface area contributed by atoms with Crippen LogP contribution in [0.1, 0.15) is 36.5 Å². The molecule has 1 aliphatic rings. The highest BCUT2D eigenvalue weighted by molar-refractivity contribution is 5.86. The molecule has 11 nitrogen and oxygen atoms in total. The van der Waals surface area contributed by atoms with E-state index in [1.54, 1.807) is 36.4 Å². The van der Waals surface area contributed by atoms with Crippen LogP contribution < -0.4 is 16.0 Å². The third-order valence-corrected chi connectivity index (χ3v) is 6.25. The van der Waals surface area contributed by atoms with Crippen molar-refractivity contribution in [1.82, 2.24) is 16.0 Å². The summed E-state index contributed by atoms with van der Waals surface area (Å²) in [5.41, 5.74) is 1.47. The maximum atomic E-state index is 13.2. The van der Waals surface area contributed by atoms with Crippen LogP contribution in [-0.4, -0.2) is 67.9 Å². The zero-order valence-electron chi connectivity index (χ0n) is 22.8. The minimum Gasteiger partial charge on any atom is -0.454 e. The van der Waals surface area contributed by atoms with Crippen LogP contribution >= 0.6 is 0 Å². The van der Waals surface area contributed by atoms with Crippen LogP contribution in [0.25, 0.3) is 0 Å². The largest absolute Gasteiger partial charge is 0.454 e. The van der Waals surface area contributed by atoms with Gasteiger partial charge in [-0.05, 0) is 24.0 Å². The molecule has 0 bridgehead atoms. The lowest BCUT2D eigenvalue weighted by Crippen LogP contribution is -2.44. The van der Waals surface area contributed by atoms with Gasteiger partial charge in [0.1, 0.15) is 18.8 Å². The van der Waals surface area contributed by atoms with E-state index in [-0.39, 0.29) is 70.6 Å². The second kappa shape index (κ2) is 17.5. The zero-order valence-corrected chi connectivity index (χ0v) is 22.8. The topological polar surface area (TPSA) is 152 Å². The Morgan fingerprint density at radius 2 is 1.68 bits per heavy atom. The van der Waals surface area contributed by atoms with Crippen LogP contribution in [-0.2, 0) is 35.2 Å². The number of benzene rings is 2. The zero-order chi connectivity index (χ0) is 29.3. The number of ether oxygens (including phenoxy) is 3. The van der Waals surface area contributed by atoms with Gasteiger partial charge in [0, 0.05) is 13.0 Å². The molecule has 4 N–H and O–H groups in total. The number of rotatable bonds is 11. The maximum Gasteiger partial charge on any atom is 0.408 e. The summed E-state index contributed by atoms with van der Waals surface area (Å²) in [7, 11) is 0. The third kappa shape index (κ3) is 11.4. The Balaban J connectivity index is 1.69. The van der Waals surface area contributed by atoms with Crippen molar-refractivity contribution in [2.45, 2.75) is 38.0 Å². The molecule has 0 saturated carbocycles. The normalized spacial score (nSPS) is 19.6. The Labute approximate surface area is 239 Å². The number of esters is 1. The summed E-state index contributed by atoms with van der Waals surface area (Å²) < 4.78 is 16.2. The summed E-state index contributed by atoms with van der Waals surface area (Å²) >= 11 is 0. The van der Waals surface area contributed by atoms with Gasteiger partial charge in [-0.15, -0.1) is 0 Å². The number of nitrogens with one attached hydrogen (secondary N) is 3. The molecule has 0 aromatic heterocycles. The van der Waals surface area contributed by atoms with Crippen LogP contribution in [0.5, 0.6) is 0 Å². The Bertz CT molecular complexity index is 1140. The molecule has 0 aliphatic carbocycles. The van der Waals surface area contributed by atoms with Crippen LogP contribution in [0.4, 0.5) is 4.79 Å². The fourth-order valence-corrected chi connectivity index (χ4v) is 4.08. The van der Waals surface area contributed by atoms with Gasteiger partial charge in [0.05, 0.1) is 32.3 Å². The first-order chi connectivity index (χ1) is 20.0. The van der Waals surface area contributed by atoms with Gasteiger partial charge in [-0.3, -0.25) is 9.59 Å². The van der Waals surface area contributed by atoms with Crippen molar-refractivity contribution in [2.75, 3.05) is 32.9 Å². The average molecular weight is 568 g/mol. The maximum absolute atomic E-state index is 13.2. The SMILES string of the molecule is O=C(C[C@H]1CC=CC[C@@H](NC(=O)OCc2ccccc2)C(=O)O[C@@H](c2ccccc2)CNC1=O)NCCOCCO. The molecule has 2 aromatic rings. The molecule has 41 heavy (non-hydrogen) atoms. The van der Waals surface area contributed by atoms with Gasteiger partial charge in [0.15, 0.2) is 0 Å². The lowest BCUT2D eigenvalue weighted by atomic mass is 9.98. The molecule has 3 amide bonds. The quantitative estimate of drug-likeness (QED) is 0.183. The first kappa shape index (κ1) is 31.3. The molecule has 11 heteroatoms. The van der Waals surface area contributed by atoms with E-state index in [1.165, 1.54) is 0 Å². The number of hydrogen-bond acceptors (Lipinski definition) is 8. The number of allylic oxidation sites excluding steroid dienone is 1. The number of aliphatic hydroxyl groups excluding tert-OH is 1. The fraction of sp³-hybridized carbons (Fsp3) is 0.400. The van der Waals surface area contributed by atoms with Gasteiger partial charge in [0.2, 0.25) is 11.8 Å². The van der Waals surface area contributed by atoms with E-state index in [0.29, 0.717) is 5.56 Å². The molecule has 3 atom stereocenters. The van der Waals surface area contributed by atoms with Crippen molar-refractivity contribution >= 4 is 23.9 Å². The molecule has 0 saturated heterocycles. The fourth-order valence-electron chi connectivity index (χ4n) is 4.08. The minimum atomic E-state index is -1.03. The van der Waals surface area contributed by atoms with Crippen molar-refractivity contribution in [3.8, 4) is 0 Å². The van der Waals surface area contributed by atoms with Gasteiger partial charge in [-0.25, -0.2) is 9.59 Å². The van der Waals surface area contributed by atoms with E-state index in [4.69, 9.17) is 19.3 Å². The van der Waals surface area contributed by atoms with E-state index in [9.17, 15) is 19.2 Å². The van der Waals surface area contributed by atoms with Gasteiger partial charge in [0.25, 0.3) is 0 Å². The van der Waals surface area contributed by atoms with Crippen LogP contribution in [0.3, 0.4) is 0 Å². The Hall–Kier alpha value is -4.22. The van der Waals surface area contributed by atoms with E-state index in [1.807, 2.05) is 36.4 Å². The molecule has 0 radical (unpaired) electrons. The number of alkyl carbamates (subject to hydrolysis) is 1. The molecule has 3 rings (SSSR count). The van der Waals surface area contributed by atoms with Gasteiger partial charge in [-0.1, -0.05) is 72.8 Å². The van der Waals surface area contributed by atoms with Crippen LogP contribution in [0.15, 0.2) is 72.8 Å². The highest BCUT2D eigenvalue weighted by Gasteiger charge is 2.28. The smallest absolute Gasteiger partial charge is 0.408 e. The summed E-state index contributed by atoms with van der Waals surface area (Å²) in [4.78, 5) is 51.2. The van der Waals surface area contributed by atoms with E-state index in [2.05, 4.69) is 16.0 Å². The highest BCUT2D eigenvalue weighted by Crippen LogP contribution is 2.20. The predicted octanol–water partition coefficient (Wildman–Crippen LogP) is 2.16. The van der Waals surface area contributed by atoms with E-state index in [0.717, 1.165) is 5.56 Å². The summed E-state index contributed by atoms with van der Waals surface area (Å²) in [6.45, 7) is 0.599. The second-order valence-corrected chi connectivity index (χ2v) is 9.37. The van der Waals surface area contributed by atoms with Crippen molar-refractivity contribution in [2.24, 2.45) is 5.92 Å². The summed E-state index contributed by atoms with van der Waals surface area (Å²) in [6, 6.07) is 17.1. The van der Waals surface area contributed by atoms with Crippen molar-refractivity contribution < 1.29 is 38.5 Å². The van der Waals surface area contributed by atoms with Crippen molar-refractivity contribution in [3.63, 3.8) is 0 Å². The summed E-state index contributed by atoms with van der Waals surface area (Å²) in [5.74, 6) is -2.00. The monoisotopic (exact) mass is 567 g/mol. The average Bonchev–Trinajstić information content (AvgIpc) is 2.99. The molecule has 1 aliphatic heterocycles. The standard InChI is InChI=1S/C30H37N3O8/c34-16-18-39-17-15-31-27(35)19-24-13-7-8-14-25(33-30(38)40-21-22-9-3-1-4-10-22)29(37)41-26(20-32-28(24)36)23-11-5-2-6-12-23/h1-12,24-26,34H,13-21H2,(H,31,35)(H,32,36)(H,33,38)/t24-,25-,26-/m1/s1. The van der Waals surface area contributed by atoms with Crippen molar-refractivity contribution in [1.29, 1.82) is 0 Å². The molecule has 0 spiro atoms. The minimum absolute atomic E-state index is 0.0173. The number of cyclic esters (lactones) is 1. The Morgan fingerprint density at radius 3 is 2.41 bits per heavy atom. The predicted molar refractivity (Wildman–Crippen MR) is 149 cm³/mol. The first-order valence-electron chi connectivity index (χ1n) is 13.6. The Morgan fingerprint density at radius 1 is 0.976 bits per heavy atom. The third-order valence-electron chi connectivity index (χ3n) is 6.25. The molecular formula is C30H37N3O8. The highest BCUT2D eigenvalue weighted by atomic mass is 16.6. The first-order valence-corrected chi connectivity index (χ1v) is 13.6.